The third-order valence-corrected chi connectivity index (χ3v) is 10.6. The highest BCUT2D eigenvalue weighted by Gasteiger charge is 2.36. The average molecular weight is 747 g/mol. The quantitative estimate of drug-likeness (QED) is 0.123. The molecule has 1 unspecified atom stereocenters. The van der Waals surface area contributed by atoms with Gasteiger partial charge in [0.1, 0.15) is 5.75 Å². The second kappa shape index (κ2) is 13.7. The van der Waals surface area contributed by atoms with Crippen LogP contribution in [-0.4, -0.2) is 28.2 Å². The highest BCUT2D eigenvalue weighted by Crippen LogP contribution is 2.46. The number of aromatic nitrogens is 2. The van der Waals surface area contributed by atoms with Crippen molar-refractivity contribution in [3.8, 4) is 39.8 Å². The average Bonchev–Trinajstić information content (AvgIpc) is 3.97. The number of aromatic amines is 1. The number of methoxy groups -OCH3 is 1. The van der Waals surface area contributed by atoms with Crippen LogP contribution in [0.1, 0.15) is 43.7 Å². The van der Waals surface area contributed by atoms with Gasteiger partial charge in [-0.15, -0.1) is 0 Å². The van der Waals surface area contributed by atoms with E-state index in [-0.39, 0.29) is 28.8 Å². The monoisotopic (exact) mass is 746 g/mol. The van der Waals surface area contributed by atoms with E-state index in [1.807, 2.05) is 104 Å². The zero-order valence-corrected chi connectivity index (χ0v) is 31.0. The summed E-state index contributed by atoms with van der Waals surface area (Å²) in [4.78, 5) is 31.4. The number of benzene rings is 6. The van der Waals surface area contributed by atoms with Gasteiger partial charge in [-0.2, -0.15) is 0 Å². The molecule has 10 rings (SSSR count). The van der Waals surface area contributed by atoms with Gasteiger partial charge in [0.25, 0.3) is 0 Å². The fourth-order valence-corrected chi connectivity index (χ4v) is 7.97. The van der Waals surface area contributed by atoms with E-state index in [4.69, 9.17) is 18.9 Å². The second-order valence-corrected chi connectivity index (χ2v) is 14.0. The van der Waals surface area contributed by atoms with Gasteiger partial charge in [-0.05, 0) is 59.7 Å². The summed E-state index contributed by atoms with van der Waals surface area (Å²) >= 11 is 0. The lowest BCUT2D eigenvalue weighted by atomic mass is 10.0. The van der Waals surface area contributed by atoms with Crippen molar-refractivity contribution in [2.45, 2.75) is 6.29 Å². The van der Waals surface area contributed by atoms with Crippen molar-refractivity contribution in [3.05, 3.63) is 185 Å². The molecular weight excluding hydrogens is 713 g/mol. The number of hydrogen-bond acceptors (Lipinski definition) is 6. The van der Waals surface area contributed by atoms with E-state index in [0.29, 0.717) is 28.2 Å². The zero-order chi connectivity index (χ0) is 38.6. The molecule has 0 radical (unpaired) electrons. The van der Waals surface area contributed by atoms with Crippen LogP contribution in [0.4, 0.5) is 0 Å². The molecule has 2 aliphatic heterocycles. The molecule has 57 heavy (non-hydrogen) atoms. The van der Waals surface area contributed by atoms with Gasteiger partial charge >= 0.3 is 0 Å². The molecule has 1 N–H and O–H groups in total. The van der Waals surface area contributed by atoms with Crippen molar-refractivity contribution in [1.29, 1.82) is 0 Å². The van der Waals surface area contributed by atoms with Gasteiger partial charge in [0.15, 0.2) is 23.0 Å². The highest BCUT2D eigenvalue weighted by atomic mass is 16.7. The van der Waals surface area contributed by atoms with Crippen LogP contribution >= 0.6 is 0 Å². The van der Waals surface area contributed by atoms with Crippen LogP contribution in [0.25, 0.3) is 56.5 Å². The topological polar surface area (TPSA) is 91.8 Å². The van der Waals surface area contributed by atoms with Gasteiger partial charge in [0.2, 0.25) is 17.9 Å². The van der Waals surface area contributed by atoms with Crippen molar-refractivity contribution in [2.75, 3.05) is 7.11 Å². The second-order valence-electron chi connectivity index (χ2n) is 14.0. The number of rotatable bonds is 8. The summed E-state index contributed by atoms with van der Waals surface area (Å²) in [6.07, 6.45) is 2.60. The third-order valence-electron chi connectivity index (χ3n) is 10.6. The van der Waals surface area contributed by atoms with Crippen LogP contribution in [0.5, 0.6) is 17.2 Å². The van der Waals surface area contributed by atoms with Crippen molar-refractivity contribution in [1.82, 2.24) is 9.55 Å². The number of Topliss-reactive ketones (excluding diaryl/α,β-unsaturated/α-hetero) is 2. The van der Waals surface area contributed by atoms with Crippen molar-refractivity contribution in [2.24, 2.45) is 7.05 Å². The molecule has 8 heteroatoms. The van der Waals surface area contributed by atoms with Gasteiger partial charge in [-0.25, -0.2) is 0 Å². The van der Waals surface area contributed by atoms with E-state index >= 15 is 0 Å². The van der Waals surface area contributed by atoms with Gasteiger partial charge < -0.3 is 28.5 Å². The molecule has 6 aromatic carbocycles. The van der Waals surface area contributed by atoms with Crippen LogP contribution in [0.3, 0.4) is 0 Å². The van der Waals surface area contributed by atoms with E-state index < -0.39 is 6.29 Å². The lowest BCUT2D eigenvalue weighted by molar-refractivity contribution is -0.0582. The third kappa shape index (κ3) is 5.65. The predicted octanol–water partition coefficient (Wildman–Crippen LogP) is 10.9. The lowest BCUT2D eigenvalue weighted by Crippen LogP contribution is -2.11. The summed E-state index contributed by atoms with van der Waals surface area (Å²) in [5.41, 5.74) is 8.83. The number of nitrogens with zero attached hydrogens (tertiary/aromatic N) is 1. The zero-order valence-electron chi connectivity index (χ0n) is 31.0. The largest absolute Gasteiger partial charge is 0.457 e. The standard InChI is InChI=1S/C49H34N2O6/c1-51-39-25-12-10-20-32(39)37(44(51)30-17-7-4-8-18-30)28-42-46(53)34-22-14-26-40(48(34)56-42)57-49(54-2)35-23-13-21-33-45(52)41(55-47(33)35)27-36-31-19-9-11-24-38(31)50-43(36)29-15-5-3-6-16-29/h3-28,49-50H,1-2H3. The molecule has 8 nitrogen and oxygen atoms in total. The molecule has 0 spiro atoms. The highest BCUT2D eigenvalue weighted by molar-refractivity contribution is 6.17. The molecule has 0 fully saturated rings. The number of H-pyrrole nitrogens is 1. The summed E-state index contributed by atoms with van der Waals surface area (Å²) in [7, 11) is 3.54. The van der Waals surface area contributed by atoms with Gasteiger partial charge in [0, 0.05) is 47.1 Å². The summed E-state index contributed by atoms with van der Waals surface area (Å²) in [5.74, 6) is 0.793. The Labute approximate surface area is 327 Å². The first-order valence-corrected chi connectivity index (χ1v) is 18.6. The maximum atomic E-state index is 14.0. The number of ketones is 2. The molecule has 4 heterocycles. The predicted molar refractivity (Wildman–Crippen MR) is 221 cm³/mol. The first-order valence-electron chi connectivity index (χ1n) is 18.6. The molecule has 0 amide bonds. The van der Waals surface area contributed by atoms with Crippen molar-refractivity contribution < 1.29 is 28.5 Å². The molecule has 2 aromatic heterocycles. The first-order chi connectivity index (χ1) is 28.0. The molecular formula is C49H34N2O6. The Morgan fingerprint density at radius 1 is 0.614 bits per heavy atom. The molecule has 0 bridgehead atoms. The molecule has 1 atom stereocenters. The van der Waals surface area contributed by atoms with E-state index in [9.17, 15) is 9.59 Å². The minimum Gasteiger partial charge on any atom is -0.457 e. The smallest absolute Gasteiger partial charge is 0.232 e. The number of carbonyl (C=O) groups excluding carboxylic acids is 2. The van der Waals surface area contributed by atoms with E-state index in [1.54, 1.807) is 42.5 Å². The summed E-state index contributed by atoms with van der Waals surface area (Å²) < 4.78 is 27.3. The van der Waals surface area contributed by atoms with Gasteiger partial charge in [-0.3, -0.25) is 9.59 Å². The maximum Gasteiger partial charge on any atom is 0.232 e. The number of aryl methyl sites for hydroxylation is 1. The van der Waals surface area contributed by atoms with Crippen LogP contribution in [0.2, 0.25) is 0 Å². The number of allylic oxidation sites excluding steroid dienone is 2. The first kappa shape index (κ1) is 34.1. The maximum absolute atomic E-state index is 14.0. The minimum atomic E-state index is -1.01. The van der Waals surface area contributed by atoms with Crippen LogP contribution in [0.15, 0.2) is 157 Å². The Morgan fingerprint density at radius 3 is 1.95 bits per heavy atom. The number of hydrogen-bond donors (Lipinski definition) is 1. The fourth-order valence-electron chi connectivity index (χ4n) is 7.97. The Hall–Kier alpha value is -7.42. The van der Waals surface area contributed by atoms with Crippen molar-refractivity contribution >= 4 is 45.5 Å². The molecule has 8 aromatic rings. The van der Waals surface area contributed by atoms with E-state index in [0.717, 1.165) is 55.4 Å². The molecule has 0 saturated carbocycles. The van der Waals surface area contributed by atoms with Gasteiger partial charge in [-0.1, -0.05) is 109 Å². The Balaban J connectivity index is 0.987. The Morgan fingerprint density at radius 2 is 1.21 bits per heavy atom. The SMILES string of the molecule is COC(Oc1cccc2c1OC(=Cc1c(-c3ccccc3)n(C)c3ccccc13)C2=O)c1cccc2c1OC(=Cc1c(-c3ccccc3)[nH]c3ccccc13)C2=O. The fraction of sp³-hybridized carbons (Fsp3) is 0.0612. The summed E-state index contributed by atoms with van der Waals surface area (Å²) in [6.45, 7) is 0. The Bertz CT molecular complexity index is 2970. The number of ether oxygens (including phenoxy) is 4. The van der Waals surface area contributed by atoms with E-state index in [1.165, 1.54) is 7.11 Å². The molecule has 0 saturated heterocycles. The van der Waals surface area contributed by atoms with Crippen LogP contribution < -0.4 is 14.2 Å². The lowest BCUT2D eigenvalue weighted by Gasteiger charge is -2.20. The van der Waals surface area contributed by atoms with Crippen LogP contribution in [-0.2, 0) is 11.8 Å². The van der Waals surface area contributed by atoms with Crippen molar-refractivity contribution in [3.63, 3.8) is 0 Å². The van der Waals surface area contributed by atoms with E-state index in [2.05, 4.69) is 27.8 Å². The number of para-hydroxylation sites is 4. The van der Waals surface area contributed by atoms with Gasteiger partial charge in [0.05, 0.1) is 28.1 Å². The van der Waals surface area contributed by atoms with Crippen LogP contribution in [0, 0.1) is 0 Å². The Kier molecular flexibility index (Phi) is 8.20. The molecule has 2 aliphatic rings. The number of fused-ring (bicyclic) bond motifs is 4. The normalized spacial score (nSPS) is 15.3. The number of nitrogens with one attached hydrogen (secondary N) is 1. The summed E-state index contributed by atoms with van der Waals surface area (Å²) in [6, 6.07) is 46.7. The number of carbonyl (C=O) groups is 2. The molecule has 0 aliphatic carbocycles. The summed E-state index contributed by atoms with van der Waals surface area (Å²) in [5, 5.41) is 1.96. The minimum absolute atomic E-state index is 0.181. The molecule has 276 valence electrons.